The maximum absolute atomic E-state index is 12.2. The molecule has 24 heavy (non-hydrogen) atoms. The molecule has 0 saturated carbocycles. The number of aromatic nitrogens is 1. The molecule has 0 aliphatic rings. The smallest absolute Gasteiger partial charge is 0.272 e. The van der Waals surface area contributed by atoms with Crippen LogP contribution >= 0.6 is 27.3 Å². The molecule has 2 aromatic carbocycles. The fourth-order valence-electron chi connectivity index (χ4n) is 2.44. The Balaban J connectivity index is 1.98. The van der Waals surface area contributed by atoms with E-state index < -0.39 is 0 Å². The molecule has 122 valence electrons. The number of thiazole rings is 1. The maximum Gasteiger partial charge on any atom is 0.272 e. The van der Waals surface area contributed by atoms with E-state index in [0.29, 0.717) is 0 Å². The molecule has 1 amide bonds. The Morgan fingerprint density at radius 2 is 2.04 bits per heavy atom. The quantitative estimate of drug-likeness (QED) is 0.566. The van der Waals surface area contributed by atoms with Gasteiger partial charge in [0.15, 0.2) is 4.80 Å². The summed E-state index contributed by atoms with van der Waals surface area (Å²) >= 11 is 5.04. The van der Waals surface area contributed by atoms with Crippen molar-refractivity contribution in [2.45, 2.75) is 19.9 Å². The van der Waals surface area contributed by atoms with E-state index in [1.807, 2.05) is 36.4 Å². The summed E-state index contributed by atoms with van der Waals surface area (Å²) in [5.41, 5.74) is 2.10. The van der Waals surface area contributed by atoms with Gasteiger partial charge >= 0.3 is 0 Å². The molecule has 0 fully saturated rings. The summed E-state index contributed by atoms with van der Waals surface area (Å²) in [5, 5.41) is 0. The lowest BCUT2D eigenvalue weighted by molar-refractivity contribution is -0.113. The third kappa shape index (κ3) is 3.91. The van der Waals surface area contributed by atoms with Crippen LogP contribution in [0.15, 0.2) is 64.1 Å². The predicted octanol–water partition coefficient (Wildman–Crippen LogP) is 5.02. The van der Waals surface area contributed by atoms with E-state index in [9.17, 15) is 4.79 Å². The summed E-state index contributed by atoms with van der Waals surface area (Å²) in [7, 11) is 0. The van der Waals surface area contributed by atoms with Crippen LogP contribution in [-0.2, 0) is 11.3 Å². The van der Waals surface area contributed by atoms with Gasteiger partial charge in [0.2, 0.25) is 0 Å². The SMILES string of the molecule is CCCn1c(=NC(=O)/C=C/c2ccccc2)sc2cc(Br)ccc21. The Bertz CT molecular complexity index is 954. The van der Waals surface area contributed by atoms with Gasteiger partial charge in [0.05, 0.1) is 10.2 Å². The highest BCUT2D eigenvalue weighted by atomic mass is 79.9. The number of fused-ring (bicyclic) bond motifs is 1. The van der Waals surface area contributed by atoms with Crippen LogP contribution in [0.1, 0.15) is 18.9 Å². The van der Waals surface area contributed by atoms with E-state index in [2.05, 4.69) is 44.5 Å². The minimum absolute atomic E-state index is 0.241. The third-order valence-corrected chi connectivity index (χ3v) is 5.05. The van der Waals surface area contributed by atoms with Crippen molar-refractivity contribution < 1.29 is 4.79 Å². The molecular weight excluding hydrogens is 384 g/mol. The monoisotopic (exact) mass is 400 g/mol. The molecule has 0 unspecified atom stereocenters. The Hall–Kier alpha value is -1.98. The second-order valence-corrected chi connectivity index (χ2v) is 7.27. The minimum Gasteiger partial charge on any atom is -0.316 e. The van der Waals surface area contributed by atoms with Crippen molar-refractivity contribution in [1.29, 1.82) is 0 Å². The second kappa shape index (κ2) is 7.73. The van der Waals surface area contributed by atoms with Gasteiger partial charge in [-0.3, -0.25) is 4.79 Å². The van der Waals surface area contributed by atoms with Gasteiger partial charge in [0.25, 0.3) is 5.91 Å². The number of carbonyl (C=O) groups is 1. The summed E-state index contributed by atoms with van der Waals surface area (Å²) in [4.78, 5) is 17.3. The molecule has 0 N–H and O–H groups in total. The highest BCUT2D eigenvalue weighted by Gasteiger charge is 2.07. The first-order valence-electron chi connectivity index (χ1n) is 7.78. The standard InChI is InChI=1S/C19H17BrN2OS/c1-2-12-22-16-10-9-15(20)13-17(16)24-19(22)21-18(23)11-8-14-6-4-3-5-7-14/h3-11,13H,2,12H2,1H3/b11-8+,21-19?. The molecular formula is C19H17BrN2OS. The number of halogens is 1. The van der Waals surface area contributed by atoms with Crippen molar-refractivity contribution >= 4 is 49.5 Å². The van der Waals surface area contributed by atoms with Crippen molar-refractivity contribution in [2.24, 2.45) is 4.99 Å². The van der Waals surface area contributed by atoms with Crippen LogP contribution in [0.4, 0.5) is 0 Å². The lowest BCUT2D eigenvalue weighted by atomic mass is 10.2. The highest BCUT2D eigenvalue weighted by Crippen LogP contribution is 2.22. The summed E-state index contributed by atoms with van der Waals surface area (Å²) in [6, 6.07) is 15.9. The predicted molar refractivity (Wildman–Crippen MR) is 104 cm³/mol. The van der Waals surface area contributed by atoms with Crippen molar-refractivity contribution in [3.63, 3.8) is 0 Å². The number of rotatable bonds is 4. The Morgan fingerprint density at radius 3 is 2.79 bits per heavy atom. The van der Waals surface area contributed by atoms with E-state index in [4.69, 9.17) is 0 Å². The van der Waals surface area contributed by atoms with Gasteiger partial charge in [-0.25, -0.2) is 0 Å². The van der Waals surface area contributed by atoms with Crippen LogP contribution in [0.2, 0.25) is 0 Å². The molecule has 1 heterocycles. The number of aryl methyl sites for hydroxylation is 1. The summed E-state index contributed by atoms with van der Waals surface area (Å²) in [6.07, 6.45) is 4.30. The number of nitrogens with zero attached hydrogens (tertiary/aromatic N) is 2. The Kier molecular flexibility index (Phi) is 5.43. The Labute approximate surface area is 153 Å². The Morgan fingerprint density at radius 1 is 1.25 bits per heavy atom. The summed E-state index contributed by atoms with van der Waals surface area (Å²) in [5.74, 6) is -0.241. The lowest BCUT2D eigenvalue weighted by Crippen LogP contribution is -2.16. The van der Waals surface area contributed by atoms with Gasteiger partial charge in [-0.1, -0.05) is 64.5 Å². The van der Waals surface area contributed by atoms with Gasteiger partial charge < -0.3 is 4.57 Å². The van der Waals surface area contributed by atoms with Crippen molar-refractivity contribution in [1.82, 2.24) is 4.57 Å². The molecule has 3 rings (SSSR count). The van der Waals surface area contributed by atoms with E-state index >= 15 is 0 Å². The first kappa shape index (κ1) is 16.9. The lowest BCUT2D eigenvalue weighted by Gasteiger charge is -2.02. The van der Waals surface area contributed by atoms with Gasteiger partial charge in [-0.2, -0.15) is 4.99 Å². The molecule has 0 aliphatic heterocycles. The van der Waals surface area contributed by atoms with Gasteiger partial charge in [-0.15, -0.1) is 0 Å². The average molecular weight is 401 g/mol. The zero-order chi connectivity index (χ0) is 16.9. The van der Waals surface area contributed by atoms with E-state index in [1.165, 1.54) is 17.4 Å². The molecule has 0 atom stereocenters. The van der Waals surface area contributed by atoms with Crippen molar-refractivity contribution in [3.8, 4) is 0 Å². The molecule has 3 nitrogen and oxygen atoms in total. The number of carbonyl (C=O) groups excluding carboxylic acids is 1. The molecule has 5 heteroatoms. The third-order valence-electron chi connectivity index (χ3n) is 3.52. The van der Waals surface area contributed by atoms with Crippen LogP contribution in [-0.4, -0.2) is 10.5 Å². The minimum atomic E-state index is -0.241. The number of hydrogen-bond donors (Lipinski definition) is 0. The average Bonchev–Trinajstić information content (AvgIpc) is 2.91. The molecule has 3 aromatic rings. The van der Waals surface area contributed by atoms with E-state index in [1.54, 1.807) is 6.08 Å². The molecule has 0 aliphatic carbocycles. The fourth-order valence-corrected chi connectivity index (χ4v) is 4.05. The van der Waals surface area contributed by atoms with E-state index in [-0.39, 0.29) is 5.91 Å². The molecule has 0 radical (unpaired) electrons. The topological polar surface area (TPSA) is 34.4 Å². The van der Waals surface area contributed by atoms with Crippen molar-refractivity contribution in [2.75, 3.05) is 0 Å². The molecule has 0 bridgehead atoms. The second-order valence-electron chi connectivity index (χ2n) is 5.34. The fraction of sp³-hybridized carbons (Fsp3) is 0.158. The summed E-state index contributed by atoms with van der Waals surface area (Å²) < 4.78 is 4.26. The number of benzene rings is 2. The van der Waals surface area contributed by atoms with Crippen LogP contribution < -0.4 is 4.80 Å². The van der Waals surface area contributed by atoms with Crippen LogP contribution in [0, 0.1) is 0 Å². The zero-order valence-corrected chi connectivity index (χ0v) is 15.7. The van der Waals surface area contributed by atoms with Crippen LogP contribution in [0.3, 0.4) is 0 Å². The van der Waals surface area contributed by atoms with Gasteiger partial charge in [0, 0.05) is 17.1 Å². The first-order valence-corrected chi connectivity index (χ1v) is 9.39. The maximum atomic E-state index is 12.2. The first-order chi connectivity index (χ1) is 11.7. The zero-order valence-electron chi connectivity index (χ0n) is 13.3. The van der Waals surface area contributed by atoms with Crippen LogP contribution in [0.25, 0.3) is 16.3 Å². The van der Waals surface area contributed by atoms with Crippen LogP contribution in [0.5, 0.6) is 0 Å². The highest BCUT2D eigenvalue weighted by molar-refractivity contribution is 9.10. The van der Waals surface area contributed by atoms with Crippen molar-refractivity contribution in [3.05, 3.63) is 69.4 Å². The number of amides is 1. The number of hydrogen-bond acceptors (Lipinski definition) is 2. The molecule has 0 spiro atoms. The van der Waals surface area contributed by atoms with Gasteiger partial charge in [0.1, 0.15) is 0 Å². The molecule has 1 aromatic heterocycles. The molecule has 0 saturated heterocycles. The summed E-state index contributed by atoms with van der Waals surface area (Å²) in [6.45, 7) is 2.96. The largest absolute Gasteiger partial charge is 0.316 e. The normalized spacial score (nSPS) is 12.3. The van der Waals surface area contributed by atoms with E-state index in [0.717, 1.165) is 38.0 Å². The van der Waals surface area contributed by atoms with Gasteiger partial charge in [-0.05, 0) is 36.3 Å².